The summed E-state index contributed by atoms with van der Waals surface area (Å²) in [6.07, 6.45) is 0. The van der Waals surface area contributed by atoms with Crippen molar-refractivity contribution < 1.29 is 27.6 Å². The average Bonchev–Trinajstić information content (AvgIpc) is 3.30. The topological polar surface area (TPSA) is 89.4 Å². The van der Waals surface area contributed by atoms with Crippen LogP contribution in [0.25, 0.3) is 0 Å². The molecule has 0 aliphatic carbocycles. The summed E-state index contributed by atoms with van der Waals surface area (Å²) in [5.74, 6) is 1.16. The molecule has 150 valence electrons. The number of thiophene rings is 1. The lowest BCUT2D eigenvalue weighted by molar-refractivity contribution is -0.895. The number of carbonyl (C=O) groups excluding carboxylic acids is 1. The molecule has 28 heavy (non-hydrogen) atoms. The molecule has 1 aromatic carbocycles. The molecule has 8 nitrogen and oxygen atoms in total. The van der Waals surface area contributed by atoms with E-state index in [9.17, 15) is 13.2 Å². The molecular weight excluding hydrogens is 470 g/mol. The third-order valence-corrected chi connectivity index (χ3v) is 8.63. The van der Waals surface area contributed by atoms with Crippen LogP contribution in [0.15, 0.2) is 38.3 Å². The Morgan fingerprint density at radius 1 is 1.18 bits per heavy atom. The van der Waals surface area contributed by atoms with Crippen molar-refractivity contribution in [1.29, 1.82) is 0 Å². The molecule has 1 saturated heterocycles. The summed E-state index contributed by atoms with van der Waals surface area (Å²) in [7, 11) is -3.47. The number of anilines is 1. The molecule has 0 spiro atoms. The molecule has 0 saturated carbocycles. The second-order valence-corrected chi connectivity index (χ2v) is 11.1. The van der Waals surface area contributed by atoms with E-state index in [1.807, 2.05) is 0 Å². The predicted molar refractivity (Wildman–Crippen MR) is 108 cm³/mol. The van der Waals surface area contributed by atoms with Gasteiger partial charge in [-0.1, -0.05) is 0 Å². The molecular formula is C17H19BrN3O5S2+. The van der Waals surface area contributed by atoms with Gasteiger partial charge in [-0.05, 0) is 40.2 Å². The van der Waals surface area contributed by atoms with Crippen molar-refractivity contribution in [1.82, 2.24) is 4.31 Å². The second-order valence-electron chi connectivity index (χ2n) is 6.51. The van der Waals surface area contributed by atoms with Crippen LogP contribution < -0.4 is 19.7 Å². The Balaban J connectivity index is 1.30. The van der Waals surface area contributed by atoms with E-state index in [1.165, 1.54) is 15.6 Å². The number of ether oxygens (including phenoxy) is 2. The number of amides is 1. The number of halogens is 1. The van der Waals surface area contributed by atoms with E-state index in [-0.39, 0.29) is 19.2 Å². The van der Waals surface area contributed by atoms with Gasteiger partial charge in [0.05, 0.1) is 30.0 Å². The summed E-state index contributed by atoms with van der Waals surface area (Å²) in [5, 5.41) is 2.86. The van der Waals surface area contributed by atoms with Gasteiger partial charge < -0.3 is 19.7 Å². The first kappa shape index (κ1) is 19.6. The predicted octanol–water partition coefficient (Wildman–Crippen LogP) is 0.767. The molecule has 3 heterocycles. The van der Waals surface area contributed by atoms with E-state index in [0.29, 0.717) is 47.6 Å². The number of hydrogen-bond donors (Lipinski definition) is 2. The molecule has 2 aliphatic heterocycles. The first-order valence-electron chi connectivity index (χ1n) is 8.70. The highest BCUT2D eigenvalue weighted by Gasteiger charge is 2.32. The quantitative estimate of drug-likeness (QED) is 0.648. The standard InChI is InChI=1S/C17H18BrN3O5S2/c18-15-3-4-17(27-15)28(23,24)21-7-5-20(6-8-21)10-16(22)19-12-1-2-13-14(9-12)26-11-25-13/h1-4,9H,5-8,10-11H2,(H,19,22)/p+1. The smallest absolute Gasteiger partial charge is 0.279 e. The van der Waals surface area contributed by atoms with E-state index in [1.54, 1.807) is 30.3 Å². The third-order valence-electron chi connectivity index (χ3n) is 4.64. The summed E-state index contributed by atoms with van der Waals surface area (Å²) >= 11 is 4.51. The fraction of sp³-hybridized carbons (Fsp3) is 0.353. The maximum atomic E-state index is 12.7. The van der Waals surface area contributed by atoms with E-state index < -0.39 is 10.0 Å². The van der Waals surface area contributed by atoms with Gasteiger partial charge in [0.1, 0.15) is 4.21 Å². The minimum absolute atomic E-state index is 0.118. The molecule has 2 aliphatic rings. The number of fused-ring (bicyclic) bond motifs is 1. The Morgan fingerprint density at radius 3 is 2.64 bits per heavy atom. The van der Waals surface area contributed by atoms with Crippen molar-refractivity contribution in [2.45, 2.75) is 4.21 Å². The first-order chi connectivity index (χ1) is 13.4. The van der Waals surface area contributed by atoms with Crippen LogP contribution in [0, 0.1) is 0 Å². The maximum absolute atomic E-state index is 12.7. The second kappa shape index (κ2) is 7.99. The highest BCUT2D eigenvalue weighted by Crippen LogP contribution is 2.34. The molecule has 2 aromatic rings. The van der Waals surface area contributed by atoms with E-state index >= 15 is 0 Å². The van der Waals surface area contributed by atoms with Crippen LogP contribution in [0.2, 0.25) is 0 Å². The number of carbonyl (C=O) groups is 1. The zero-order chi connectivity index (χ0) is 19.7. The number of sulfonamides is 1. The Kier molecular flexibility index (Phi) is 5.61. The lowest BCUT2D eigenvalue weighted by atomic mass is 10.2. The molecule has 11 heteroatoms. The molecule has 0 bridgehead atoms. The van der Waals surface area contributed by atoms with Crippen molar-refractivity contribution in [3.8, 4) is 11.5 Å². The summed E-state index contributed by atoms with van der Waals surface area (Å²) in [6, 6.07) is 8.61. The van der Waals surface area contributed by atoms with Gasteiger partial charge in [-0.25, -0.2) is 8.42 Å². The van der Waals surface area contributed by atoms with Crippen LogP contribution in [-0.2, 0) is 14.8 Å². The monoisotopic (exact) mass is 488 g/mol. The molecule has 1 fully saturated rings. The number of benzene rings is 1. The molecule has 0 unspecified atom stereocenters. The minimum atomic E-state index is -3.47. The minimum Gasteiger partial charge on any atom is -0.454 e. The highest BCUT2D eigenvalue weighted by molar-refractivity contribution is 9.11. The molecule has 1 amide bonds. The zero-order valence-corrected chi connectivity index (χ0v) is 18.0. The molecule has 0 atom stereocenters. The van der Waals surface area contributed by atoms with Crippen LogP contribution >= 0.6 is 27.3 Å². The number of nitrogens with zero attached hydrogens (tertiary/aromatic N) is 1. The fourth-order valence-electron chi connectivity index (χ4n) is 3.19. The van der Waals surface area contributed by atoms with Gasteiger partial charge in [0.25, 0.3) is 15.9 Å². The van der Waals surface area contributed by atoms with Crippen LogP contribution in [0.5, 0.6) is 11.5 Å². The van der Waals surface area contributed by atoms with E-state index in [2.05, 4.69) is 21.2 Å². The maximum Gasteiger partial charge on any atom is 0.279 e. The Bertz CT molecular complexity index is 986. The Morgan fingerprint density at radius 2 is 1.93 bits per heavy atom. The zero-order valence-electron chi connectivity index (χ0n) is 14.8. The number of rotatable bonds is 5. The average molecular weight is 489 g/mol. The van der Waals surface area contributed by atoms with Crippen LogP contribution in [0.1, 0.15) is 0 Å². The van der Waals surface area contributed by atoms with Crippen molar-refractivity contribution >= 4 is 48.9 Å². The van der Waals surface area contributed by atoms with E-state index in [4.69, 9.17) is 9.47 Å². The van der Waals surface area contributed by atoms with Gasteiger partial charge in [-0.3, -0.25) is 4.79 Å². The third kappa shape index (κ3) is 4.18. The number of quaternary nitrogens is 1. The molecule has 1 aromatic heterocycles. The van der Waals surface area contributed by atoms with Crippen LogP contribution in [0.3, 0.4) is 0 Å². The lowest BCUT2D eigenvalue weighted by Gasteiger charge is -2.30. The number of hydrogen-bond acceptors (Lipinski definition) is 6. The van der Waals surface area contributed by atoms with Crippen molar-refractivity contribution in [3.63, 3.8) is 0 Å². The van der Waals surface area contributed by atoms with Crippen molar-refractivity contribution in [2.24, 2.45) is 0 Å². The van der Waals surface area contributed by atoms with Gasteiger partial charge in [-0.15, -0.1) is 11.3 Å². The Labute approximate surface area is 175 Å². The molecule has 2 N–H and O–H groups in total. The summed E-state index contributed by atoms with van der Waals surface area (Å²) in [5.41, 5.74) is 0.651. The summed E-state index contributed by atoms with van der Waals surface area (Å²) in [4.78, 5) is 13.4. The highest BCUT2D eigenvalue weighted by atomic mass is 79.9. The summed E-state index contributed by atoms with van der Waals surface area (Å²) in [6.45, 7) is 2.43. The normalized spacial score (nSPS) is 17.6. The fourth-order valence-corrected chi connectivity index (χ4v) is 6.80. The van der Waals surface area contributed by atoms with Gasteiger partial charge in [0, 0.05) is 11.8 Å². The van der Waals surface area contributed by atoms with Gasteiger partial charge in [0.15, 0.2) is 18.0 Å². The first-order valence-corrected chi connectivity index (χ1v) is 11.8. The Hall–Kier alpha value is -1.66. The van der Waals surface area contributed by atoms with Crippen LogP contribution in [0.4, 0.5) is 5.69 Å². The lowest BCUT2D eigenvalue weighted by Crippen LogP contribution is -3.15. The van der Waals surface area contributed by atoms with Gasteiger partial charge in [0.2, 0.25) is 6.79 Å². The van der Waals surface area contributed by atoms with E-state index in [0.717, 1.165) is 8.69 Å². The SMILES string of the molecule is O=C(C[NH+]1CCN(S(=O)(=O)c2ccc(Br)s2)CC1)Nc1ccc2c(c1)OCO2. The van der Waals surface area contributed by atoms with Gasteiger partial charge in [-0.2, -0.15) is 4.31 Å². The molecule has 4 rings (SSSR count). The molecule has 0 radical (unpaired) electrons. The van der Waals surface area contributed by atoms with Crippen molar-refractivity contribution in [2.75, 3.05) is 44.8 Å². The summed E-state index contributed by atoms with van der Waals surface area (Å²) < 4.78 is 38.5. The van der Waals surface area contributed by atoms with Crippen molar-refractivity contribution in [3.05, 3.63) is 34.1 Å². The number of nitrogens with one attached hydrogen (secondary N) is 2. The van der Waals surface area contributed by atoms with Gasteiger partial charge >= 0.3 is 0 Å². The largest absolute Gasteiger partial charge is 0.454 e. The number of piperazine rings is 1. The van der Waals surface area contributed by atoms with Crippen LogP contribution in [-0.4, -0.2) is 58.1 Å².